The maximum atomic E-state index is 5.99. The molecule has 0 saturated carbocycles. The average molecular weight is 317 g/mol. The van der Waals surface area contributed by atoms with Crippen molar-refractivity contribution in [2.24, 2.45) is 5.92 Å². The van der Waals surface area contributed by atoms with E-state index in [-0.39, 0.29) is 5.54 Å². The van der Waals surface area contributed by atoms with Gasteiger partial charge in [-0.1, -0.05) is 47.4 Å². The highest BCUT2D eigenvalue weighted by Gasteiger charge is 2.36. The fourth-order valence-electron chi connectivity index (χ4n) is 2.68. The summed E-state index contributed by atoms with van der Waals surface area (Å²) < 4.78 is 1.12. The molecular formula is C14H19BrClN. The van der Waals surface area contributed by atoms with Crippen LogP contribution in [0.5, 0.6) is 0 Å². The number of hydrogen-bond donors (Lipinski definition) is 1. The van der Waals surface area contributed by atoms with Crippen molar-refractivity contribution in [3.8, 4) is 0 Å². The van der Waals surface area contributed by atoms with Gasteiger partial charge in [0.1, 0.15) is 0 Å². The summed E-state index contributed by atoms with van der Waals surface area (Å²) in [4.78, 5) is 0. The van der Waals surface area contributed by atoms with Crippen LogP contribution in [-0.2, 0) is 6.42 Å². The summed E-state index contributed by atoms with van der Waals surface area (Å²) in [5.41, 5.74) is 1.61. The van der Waals surface area contributed by atoms with Crippen LogP contribution < -0.4 is 5.32 Å². The van der Waals surface area contributed by atoms with Crippen LogP contribution in [0.25, 0.3) is 0 Å². The highest BCUT2D eigenvalue weighted by Crippen LogP contribution is 2.34. The highest BCUT2D eigenvalue weighted by molar-refractivity contribution is 9.10. The van der Waals surface area contributed by atoms with Gasteiger partial charge in [0.05, 0.1) is 0 Å². The molecule has 1 nitrogen and oxygen atoms in total. The number of nitrogens with one attached hydrogen (secondary N) is 1. The molecule has 2 rings (SSSR count). The zero-order valence-electron chi connectivity index (χ0n) is 10.4. The third-order valence-corrected chi connectivity index (χ3v) is 4.88. The van der Waals surface area contributed by atoms with Gasteiger partial charge in [-0.2, -0.15) is 0 Å². The third-order valence-electron chi connectivity index (χ3n) is 3.90. The van der Waals surface area contributed by atoms with Crippen molar-refractivity contribution < 1.29 is 0 Å². The fraction of sp³-hybridized carbons (Fsp3) is 0.571. The molecule has 0 bridgehead atoms. The molecule has 1 aliphatic heterocycles. The van der Waals surface area contributed by atoms with Gasteiger partial charge in [0.15, 0.2) is 0 Å². The maximum absolute atomic E-state index is 5.99. The molecule has 1 heterocycles. The molecule has 0 aliphatic carbocycles. The average Bonchev–Trinajstić information content (AvgIpc) is 2.72. The van der Waals surface area contributed by atoms with Crippen LogP contribution in [0.15, 0.2) is 22.7 Å². The monoisotopic (exact) mass is 315 g/mol. The zero-order valence-corrected chi connectivity index (χ0v) is 12.7. The Kier molecular flexibility index (Phi) is 4.17. The molecule has 3 heteroatoms. The van der Waals surface area contributed by atoms with Crippen molar-refractivity contribution in [1.29, 1.82) is 0 Å². The van der Waals surface area contributed by atoms with E-state index in [2.05, 4.69) is 41.2 Å². The highest BCUT2D eigenvalue weighted by atomic mass is 79.9. The zero-order chi connectivity index (χ0) is 12.5. The standard InChI is InChI=1S/C14H19BrClN/c1-10(2)14(6-3-7-17-14)9-11-4-5-12(16)8-13(11)15/h4-5,8,10,17H,3,6-7,9H2,1-2H3. The van der Waals surface area contributed by atoms with Crippen molar-refractivity contribution in [3.63, 3.8) is 0 Å². The second-order valence-corrected chi connectivity index (χ2v) is 6.54. The van der Waals surface area contributed by atoms with E-state index in [4.69, 9.17) is 11.6 Å². The molecule has 1 aromatic rings. The van der Waals surface area contributed by atoms with Gasteiger partial charge in [0.2, 0.25) is 0 Å². The predicted octanol–water partition coefficient (Wildman–Crippen LogP) is 4.42. The lowest BCUT2D eigenvalue weighted by Crippen LogP contribution is -2.46. The molecule has 0 spiro atoms. The molecule has 1 N–H and O–H groups in total. The van der Waals surface area contributed by atoms with Gasteiger partial charge in [-0.25, -0.2) is 0 Å². The van der Waals surface area contributed by atoms with Gasteiger partial charge in [-0.15, -0.1) is 0 Å². The lowest BCUT2D eigenvalue weighted by Gasteiger charge is -2.34. The first kappa shape index (κ1) is 13.4. The van der Waals surface area contributed by atoms with Crippen LogP contribution in [0.3, 0.4) is 0 Å². The number of rotatable bonds is 3. The SMILES string of the molecule is CC(C)C1(Cc2ccc(Cl)cc2Br)CCCN1. The van der Waals surface area contributed by atoms with E-state index < -0.39 is 0 Å². The molecule has 1 unspecified atom stereocenters. The lowest BCUT2D eigenvalue weighted by atomic mass is 9.80. The smallest absolute Gasteiger partial charge is 0.0417 e. The summed E-state index contributed by atoms with van der Waals surface area (Å²) in [6, 6.07) is 6.10. The van der Waals surface area contributed by atoms with Crippen LogP contribution >= 0.6 is 27.5 Å². The van der Waals surface area contributed by atoms with Gasteiger partial charge in [0, 0.05) is 15.0 Å². The van der Waals surface area contributed by atoms with Crippen LogP contribution in [0, 0.1) is 5.92 Å². The Morgan fingerprint density at radius 3 is 2.76 bits per heavy atom. The number of halogens is 2. The van der Waals surface area contributed by atoms with E-state index >= 15 is 0 Å². The van der Waals surface area contributed by atoms with E-state index in [9.17, 15) is 0 Å². The number of benzene rings is 1. The Morgan fingerprint density at radius 1 is 1.47 bits per heavy atom. The molecule has 1 fully saturated rings. The minimum absolute atomic E-state index is 0.260. The van der Waals surface area contributed by atoms with Crippen LogP contribution in [0.4, 0.5) is 0 Å². The molecule has 1 saturated heterocycles. The minimum Gasteiger partial charge on any atom is -0.311 e. The maximum Gasteiger partial charge on any atom is 0.0417 e. The van der Waals surface area contributed by atoms with E-state index in [0.29, 0.717) is 5.92 Å². The number of hydrogen-bond acceptors (Lipinski definition) is 1. The summed E-state index contributed by atoms with van der Waals surface area (Å²) in [7, 11) is 0. The van der Waals surface area contributed by atoms with Gasteiger partial charge in [-0.3, -0.25) is 0 Å². The molecule has 1 aromatic carbocycles. The Morgan fingerprint density at radius 2 is 2.24 bits per heavy atom. The normalized spacial score (nSPS) is 24.5. The van der Waals surface area contributed by atoms with E-state index in [1.165, 1.54) is 18.4 Å². The molecule has 0 aromatic heterocycles. The predicted molar refractivity (Wildman–Crippen MR) is 77.7 cm³/mol. The Balaban J connectivity index is 2.23. The van der Waals surface area contributed by atoms with Crippen LogP contribution in [-0.4, -0.2) is 12.1 Å². The first-order valence-electron chi connectivity index (χ1n) is 6.22. The van der Waals surface area contributed by atoms with Crippen molar-refractivity contribution in [2.45, 2.75) is 38.6 Å². The largest absolute Gasteiger partial charge is 0.311 e. The summed E-state index contributed by atoms with van der Waals surface area (Å²) >= 11 is 9.60. The first-order valence-corrected chi connectivity index (χ1v) is 7.39. The summed E-state index contributed by atoms with van der Waals surface area (Å²) in [6.07, 6.45) is 3.62. The Labute approximate surface area is 117 Å². The molecule has 0 radical (unpaired) electrons. The van der Waals surface area contributed by atoms with E-state index in [1.807, 2.05) is 12.1 Å². The quantitative estimate of drug-likeness (QED) is 0.870. The van der Waals surface area contributed by atoms with Crippen molar-refractivity contribution in [1.82, 2.24) is 5.32 Å². The van der Waals surface area contributed by atoms with Crippen LogP contribution in [0.2, 0.25) is 5.02 Å². The van der Waals surface area contributed by atoms with Crippen molar-refractivity contribution >= 4 is 27.5 Å². The first-order chi connectivity index (χ1) is 8.03. The molecule has 1 atom stereocenters. The van der Waals surface area contributed by atoms with Gasteiger partial charge in [-0.05, 0) is 49.4 Å². The van der Waals surface area contributed by atoms with E-state index in [1.54, 1.807) is 0 Å². The van der Waals surface area contributed by atoms with Crippen molar-refractivity contribution in [3.05, 3.63) is 33.3 Å². The van der Waals surface area contributed by atoms with Crippen LogP contribution in [0.1, 0.15) is 32.3 Å². The Hall–Kier alpha value is -0.0500. The summed E-state index contributed by atoms with van der Waals surface area (Å²) in [5.74, 6) is 0.646. The lowest BCUT2D eigenvalue weighted by molar-refractivity contribution is 0.269. The second kappa shape index (κ2) is 5.29. The molecular weight excluding hydrogens is 298 g/mol. The Bertz CT molecular complexity index is 397. The minimum atomic E-state index is 0.260. The summed E-state index contributed by atoms with van der Waals surface area (Å²) in [5, 5.41) is 4.50. The summed E-state index contributed by atoms with van der Waals surface area (Å²) in [6.45, 7) is 5.76. The molecule has 94 valence electrons. The fourth-order valence-corrected chi connectivity index (χ4v) is 3.51. The molecule has 1 aliphatic rings. The topological polar surface area (TPSA) is 12.0 Å². The van der Waals surface area contributed by atoms with Gasteiger partial charge < -0.3 is 5.32 Å². The van der Waals surface area contributed by atoms with Gasteiger partial charge >= 0.3 is 0 Å². The second-order valence-electron chi connectivity index (χ2n) is 5.25. The molecule has 0 amide bonds. The molecule has 17 heavy (non-hydrogen) atoms. The third kappa shape index (κ3) is 2.86. The van der Waals surface area contributed by atoms with E-state index in [0.717, 1.165) is 22.5 Å². The van der Waals surface area contributed by atoms with Crippen molar-refractivity contribution in [2.75, 3.05) is 6.54 Å². The van der Waals surface area contributed by atoms with Gasteiger partial charge in [0.25, 0.3) is 0 Å².